The first-order valence-corrected chi connectivity index (χ1v) is 7.72. The van der Waals surface area contributed by atoms with Gasteiger partial charge in [-0.1, -0.05) is 11.6 Å². The molecule has 0 unspecified atom stereocenters. The summed E-state index contributed by atoms with van der Waals surface area (Å²) in [6.45, 7) is 1.47. The van der Waals surface area contributed by atoms with Crippen LogP contribution >= 0.6 is 11.6 Å². The number of rotatable bonds is 4. The summed E-state index contributed by atoms with van der Waals surface area (Å²) >= 11 is 5.78. The van der Waals surface area contributed by atoms with Gasteiger partial charge in [0.05, 0.1) is 17.4 Å². The molecular formula is C14H19ClN4O2. The van der Waals surface area contributed by atoms with Crippen LogP contribution in [-0.2, 0) is 4.79 Å². The van der Waals surface area contributed by atoms with E-state index >= 15 is 0 Å². The van der Waals surface area contributed by atoms with Gasteiger partial charge in [0.1, 0.15) is 6.10 Å². The fourth-order valence-corrected chi connectivity index (χ4v) is 2.71. The number of aliphatic hydroxyl groups is 1. The van der Waals surface area contributed by atoms with Crippen LogP contribution in [0.1, 0.15) is 25.7 Å². The molecule has 114 valence electrons. The van der Waals surface area contributed by atoms with Gasteiger partial charge >= 0.3 is 0 Å². The molecule has 1 aliphatic carbocycles. The second kappa shape index (κ2) is 6.15. The number of anilines is 1. The highest BCUT2D eigenvalue weighted by molar-refractivity contribution is 6.30. The van der Waals surface area contributed by atoms with Crippen LogP contribution in [-0.4, -0.2) is 46.2 Å². The number of amides is 1. The third kappa shape index (κ3) is 3.63. The monoisotopic (exact) mass is 310 g/mol. The molecule has 2 fully saturated rings. The van der Waals surface area contributed by atoms with Crippen molar-refractivity contribution in [3.8, 4) is 0 Å². The zero-order valence-corrected chi connectivity index (χ0v) is 12.5. The Morgan fingerprint density at radius 2 is 1.90 bits per heavy atom. The van der Waals surface area contributed by atoms with Gasteiger partial charge in [0.15, 0.2) is 0 Å². The molecule has 1 saturated carbocycles. The standard InChI is InChI=1S/C14H19ClN4O2/c15-10-7-16-14(17-8-10)19-5-3-9(4-6-19)12(20)13(21)18-11-1-2-11/h7-9,11-12,20H,1-6H2,(H,18,21)/t12-/m0/s1. The van der Waals surface area contributed by atoms with Crippen molar-refractivity contribution in [2.24, 2.45) is 5.92 Å². The number of aromatic nitrogens is 2. The van der Waals surface area contributed by atoms with Crippen LogP contribution in [0.3, 0.4) is 0 Å². The predicted octanol–water partition coefficient (Wildman–Crippen LogP) is 0.986. The van der Waals surface area contributed by atoms with Crippen molar-refractivity contribution < 1.29 is 9.90 Å². The lowest BCUT2D eigenvalue weighted by Crippen LogP contribution is -2.45. The molecule has 2 heterocycles. The molecule has 6 nitrogen and oxygen atoms in total. The van der Waals surface area contributed by atoms with E-state index in [0.29, 0.717) is 11.0 Å². The van der Waals surface area contributed by atoms with Crippen LogP contribution < -0.4 is 10.2 Å². The maximum absolute atomic E-state index is 11.9. The van der Waals surface area contributed by atoms with Crippen molar-refractivity contribution >= 4 is 23.5 Å². The van der Waals surface area contributed by atoms with Crippen molar-refractivity contribution in [1.29, 1.82) is 0 Å². The van der Waals surface area contributed by atoms with E-state index in [-0.39, 0.29) is 17.9 Å². The summed E-state index contributed by atoms with van der Waals surface area (Å²) in [6, 6.07) is 0.287. The lowest BCUT2D eigenvalue weighted by atomic mass is 9.91. The summed E-state index contributed by atoms with van der Waals surface area (Å²) in [7, 11) is 0. The zero-order valence-electron chi connectivity index (χ0n) is 11.7. The van der Waals surface area contributed by atoms with Gasteiger partial charge in [0.2, 0.25) is 11.9 Å². The lowest BCUT2D eigenvalue weighted by Gasteiger charge is -2.33. The smallest absolute Gasteiger partial charge is 0.249 e. The lowest BCUT2D eigenvalue weighted by molar-refractivity contribution is -0.132. The van der Waals surface area contributed by atoms with Gasteiger partial charge in [0.25, 0.3) is 0 Å². The molecule has 1 amide bonds. The Hall–Kier alpha value is -1.40. The number of carbonyl (C=O) groups is 1. The highest BCUT2D eigenvalue weighted by atomic mass is 35.5. The molecule has 1 aromatic rings. The molecule has 0 bridgehead atoms. The van der Waals surface area contributed by atoms with E-state index in [2.05, 4.69) is 20.2 Å². The van der Waals surface area contributed by atoms with E-state index in [9.17, 15) is 9.90 Å². The van der Waals surface area contributed by atoms with E-state index in [1.165, 1.54) is 0 Å². The minimum absolute atomic E-state index is 0.00676. The summed E-state index contributed by atoms with van der Waals surface area (Å²) in [5.74, 6) is 0.431. The maximum atomic E-state index is 11.9. The molecular weight excluding hydrogens is 292 g/mol. The molecule has 2 aliphatic rings. The summed E-state index contributed by atoms with van der Waals surface area (Å²) in [6.07, 6.45) is 5.83. The molecule has 1 saturated heterocycles. The zero-order chi connectivity index (χ0) is 14.8. The first kappa shape index (κ1) is 14.5. The van der Waals surface area contributed by atoms with Gasteiger partial charge in [-0.3, -0.25) is 4.79 Å². The van der Waals surface area contributed by atoms with Gasteiger partial charge in [-0.25, -0.2) is 9.97 Å². The second-order valence-corrected chi connectivity index (χ2v) is 6.19. The summed E-state index contributed by atoms with van der Waals surface area (Å²) in [4.78, 5) is 22.3. The largest absolute Gasteiger partial charge is 0.383 e. The third-order valence-corrected chi connectivity index (χ3v) is 4.26. The Bertz CT molecular complexity index is 498. The molecule has 1 aliphatic heterocycles. The Morgan fingerprint density at radius 1 is 1.29 bits per heavy atom. The van der Waals surface area contributed by atoms with E-state index in [1.54, 1.807) is 12.4 Å². The maximum Gasteiger partial charge on any atom is 0.249 e. The fraction of sp³-hybridized carbons (Fsp3) is 0.643. The molecule has 1 atom stereocenters. The number of halogens is 1. The predicted molar refractivity (Wildman–Crippen MR) is 79.2 cm³/mol. The second-order valence-electron chi connectivity index (χ2n) is 5.75. The molecule has 21 heavy (non-hydrogen) atoms. The van der Waals surface area contributed by atoms with Crippen molar-refractivity contribution in [1.82, 2.24) is 15.3 Å². The first-order chi connectivity index (χ1) is 10.1. The molecule has 0 radical (unpaired) electrons. The topological polar surface area (TPSA) is 78.4 Å². The third-order valence-electron chi connectivity index (χ3n) is 4.07. The number of aliphatic hydroxyl groups excluding tert-OH is 1. The van der Waals surface area contributed by atoms with Gasteiger partial charge in [-0.05, 0) is 31.6 Å². The Balaban J connectivity index is 1.52. The van der Waals surface area contributed by atoms with Gasteiger partial charge in [-0.15, -0.1) is 0 Å². The highest BCUT2D eigenvalue weighted by Gasteiger charge is 2.33. The summed E-state index contributed by atoms with van der Waals surface area (Å²) in [5, 5.41) is 13.5. The number of nitrogens with zero attached hydrogens (tertiary/aromatic N) is 3. The molecule has 0 aromatic carbocycles. The van der Waals surface area contributed by atoms with E-state index in [4.69, 9.17) is 11.6 Å². The Morgan fingerprint density at radius 3 is 2.48 bits per heavy atom. The number of hydrogen-bond acceptors (Lipinski definition) is 5. The van der Waals surface area contributed by atoms with E-state index < -0.39 is 6.10 Å². The number of carbonyl (C=O) groups excluding carboxylic acids is 1. The van der Waals surface area contributed by atoms with Gasteiger partial charge in [-0.2, -0.15) is 0 Å². The Labute approximate surface area is 128 Å². The van der Waals surface area contributed by atoms with Gasteiger partial charge < -0.3 is 15.3 Å². The van der Waals surface area contributed by atoms with Gasteiger partial charge in [0, 0.05) is 19.1 Å². The number of nitrogens with one attached hydrogen (secondary N) is 1. The minimum atomic E-state index is -0.904. The summed E-state index contributed by atoms with van der Waals surface area (Å²) < 4.78 is 0. The van der Waals surface area contributed by atoms with Crippen molar-refractivity contribution in [2.45, 2.75) is 37.8 Å². The molecule has 2 N–H and O–H groups in total. The van der Waals surface area contributed by atoms with Crippen molar-refractivity contribution in [3.63, 3.8) is 0 Å². The van der Waals surface area contributed by atoms with E-state index in [1.807, 2.05) is 0 Å². The van der Waals surface area contributed by atoms with Crippen molar-refractivity contribution in [2.75, 3.05) is 18.0 Å². The van der Waals surface area contributed by atoms with Crippen LogP contribution in [0, 0.1) is 5.92 Å². The van der Waals surface area contributed by atoms with Crippen LogP contribution in [0.4, 0.5) is 5.95 Å². The van der Waals surface area contributed by atoms with E-state index in [0.717, 1.165) is 38.8 Å². The molecule has 0 spiro atoms. The van der Waals surface area contributed by atoms with Crippen LogP contribution in [0.2, 0.25) is 5.02 Å². The highest BCUT2D eigenvalue weighted by Crippen LogP contribution is 2.25. The van der Waals surface area contributed by atoms with Crippen LogP contribution in [0.15, 0.2) is 12.4 Å². The summed E-state index contributed by atoms with van der Waals surface area (Å²) in [5.41, 5.74) is 0. The molecule has 7 heteroatoms. The average Bonchev–Trinajstić information content (AvgIpc) is 3.31. The quantitative estimate of drug-likeness (QED) is 0.867. The minimum Gasteiger partial charge on any atom is -0.383 e. The fourth-order valence-electron chi connectivity index (χ4n) is 2.61. The molecule has 3 rings (SSSR count). The Kier molecular flexibility index (Phi) is 4.26. The first-order valence-electron chi connectivity index (χ1n) is 7.34. The number of piperidine rings is 1. The molecule has 1 aromatic heterocycles. The number of hydrogen-bond donors (Lipinski definition) is 2. The average molecular weight is 311 g/mol. The van der Waals surface area contributed by atoms with Crippen LogP contribution in [0.25, 0.3) is 0 Å². The SMILES string of the molecule is O=C(NC1CC1)[C@@H](O)C1CCN(c2ncc(Cl)cn2)CC1. The normalized spacial score (nSPS) is 21.1. The van der Waals surface area contributed by atoms with Crippen molar-refractivity contribution in [3.05, 3.63) is 17.4 Å². The van der Waals surface area contributed by atoms with Crippen LogP contribution in [0.5, 0.6) is 0 Å².